The normalized spacial score (nSPS) is 12.9. The van der Waals surface area contributed by atoms with E-state index in [4.69, 9.17) is 0 Å². The van der Waals surface area contributed by atoms with Crippen LogP contribution in [0, 0.1) is 17.8 Å². The molecule has 0 saturated heterocycles. The van der Waals surface area contributed by atoms with Gasteiger partial charge < -0.3 is 0 Å². The molecule has 18 heavy (non-hydrogen) atoms. The van der Waals surface area contributed by atoms with Gasteiger partial charge in [0.25, 0.3) is 0 Å². The molecule has 0 amide bonds. The summed E-state index contributed by atoms with van der Waals surface area (Å²) in [5, 5.41) is 12.9. The number of hydrogen-bond donors (Lipinski definition) is 0. The van der Waals surface area contributed by atoms with Crippen molar-refractivity contribution < 1.29 is 0 Å². The Morgan fingerprint density at radius 1 is 0.722 bits per heavy atom. The highest BCUT2D eigenvalue weighted by molar-refractivity contribution is 5.59. The predicted molar refractivity (Wildman–Crippen MR) is 80.8 cm³/mol. The minimum Gasteiger partial charge on any atom is -0.276 e. The lowest BCUT2D eigenvalue weighted by atomic mass is 10.1. The lowest BCUT2D eigenvalue weighted by molar-refractivity contribution is 0.0503. The second-order valence-electron chi connectivity index (χ2n) is 5.82. The van der Waals surface area contributed by atoms with Gasteiger partial charge in [-0.2, -0.15) is 10.2 Å². The van der Waals surface area contributed by atoms with Crippen LogP contribution in [0.2, 0.25) is 0 Å². The molecule has 0 heterocycles. The van der Waals surface area contributed by atoms with Crippen LogP contribution in [0.25, 0.3) is 0 Å². The Bertz CT molecular complexity index is 245. The van der Waals surface area contributed by atoms with E-state index in [0.717, 1.165) is 0 Å². The van der Waals surface area contributed by atoms with Gasteiger partial charge in [-0.05, 0) is 17.8 Å². The molecule has 0 rings (SSSR count). The highest BCUT2D eigenvalue weighted by Crippen LogP contribution is 2.13. The fraction of sp³-hybridized carbons (Fsp3) is 0.857. The van der Waals surface area contributed by atoms with Crippen LogP contribution in [-0.4, -0.2) is 42.7 Å². The molecule has 0 spiro atoms. The van der Waals surface area contributed by atoms with Crippen molar-refractivity contribution in [3.05, 3.63) is 0 Å². The predicted octanol–water partition coefficient (Wildman–Crippen LogP) is 3.12. The van der Waals surface area contributed by atoms with Crippen molar-refractivity contribution >= 4 is 12.4 Å². The monoisotopic (exact) mass is 254 g/mol. The first-order chi connectivity index (χ1) is 8.25. The van der Waals surface area contributed by atoms with Crippen molar-refractivity contribution in [1.29, 1.82) is 0 Å². The summed E-state index contributed by atoms with van der Waals surface area (Å²) in [5.74, 6) is 1.38. The van der Waals surface area contributed by atoms with Crippen molar-refractivity contribution in [2.45, 2.75) is 47.7 Å². The van der Waals surface area contributed by atoms with Gasteiger partial charge in [-0.25, -0.2) is 0 Å². The second-order valence-corrected chi connectivity index (χ2v) is 5.82. The summed E-state index contributed by atoms with van der Waals surface area (Å²) >= 11 is 0. The lowest BCUT2D eigenvalue weighted by Crippen LogP contribution is -2.43. The zero-order chi connectivity index (χ0) is 14.3. The van der Waals surface area contributed by atoms with E-state index in [1.807, 2.05) is 36.5 Å². The van der Waals surface area contributed by atoms with Crippen LogP contribution in [0.1, 0.15) is 41.5 Å². The van der Waals surface area contributed by atoms with Gasteiger partial charge in [0, 0.05) is 26.5 Å². The van der Waals surface area contributed by atoms with Crippen LogP contribution >= 0.6 is 0 Å². The Balaban J connectivity index is 4.74. The molecule has 0 N–H and O–H groups in total. The van der Waals surface area contributed by atoms with Crippen LogP contribution in [0.5, 0.6) is 0 Å². The first-order valence-electron chi connectivity index (χ1n) is 6.79. The van der Waals surface area contributed by atoms with E-state index in [0.29, 0.717) is 17.8 Å². The average molecular weight is 254 g/mol. The van der Waals surface area contributed by atoms with E-state index < -0.39 is 0 Å². The Morgan fingerprint density at radius 3 is 1.28 bits per heavy atom. The van der Waals surface area contributed by atoms with E-state index in [9.17, 15) is 0 Å². The van der Waals surface area contributed by atoms with E-state index in [2.05, 4.69) is 51.7 Å². The number of nitrogens with zero attached hydrogens (tertiary/aromatic N) is 4. The summed E-state index contributed by atoms with van der Waals surface area (Å²) in [5.41, 5.74) is 0. The molecule has 0 aromatic carbocycles. The van der Waals surface area contributed by atoms with Gasteiger partial charge in [0.1, 0.15) is 6.17 Å². The van der Waals surface area contributed by atoms with Gasteiger partial charge in [-0.1, -0.05) is 41.5 Å². The first-order valence-corrected chi connectivity index (χ1v) is 6.79. The highest BCUT2D eigenvalue weighted by Gasteiger charge is 2.21. The Kier molecular flexibility index (Phi) is 7.64. The van der Waals surface area contributed by atoms with Crippen LogP contribution in [0.3, 0.4) is 0 Å². The van der Waals surface area contributed by atoms with Gasteiger partial charge in [0.05, 0.1) is 0 Å². The second kappa shape index (κ2) is 8.11. The molecule has 0 bridgehead atoms. The molecule has 0 fully saturated rings. The van der Waals surface area contributed by atoms with E-state index in [-0.39, 0.29) is 6.17 Å². The lowest BCUT2D eigenvalue weighted by Gasteiger charge is -2.34. The maximum absolute atomic E-state index is 4.49. The average Bonchev–Trinajstić information content (AvgIpc) is 2.23. The van der Waals surface area contributed by atoms with Gasteiger partial charge >= 0.3 is 0 Å². The molecule has 0 aliphatic heterocycles. The minimum atomic E-state index is 0.176. The summed E-state index contributed by atoms with van der Waals surface area (Å²) in [6, 6.07) is 0. The maximum atomic E-state index is 4.49. The standard InChI is InChI=1S/C14H30N4/c1-11(2)9-15-17(7)14(13(5)6)18(8)16-10-12(3)4/h9-14H,1-8H3/b15-9+,16-10+. The third-order valence-electron chi connectivity index (χ3n) is 2.46. The quantitative estimate of drug-likeness (QED) is 0.397. The third-order valence-corrected chi connectivity index (χ3v) is 2.46. The fourth-order valence-corrected chi connectivity index (χ4v) is 1.72. The van der Waals surface area contributed by atoms with Gasteiger partial charge in [0.2, 0.25) is 0 Å². The van der Waals surface area contributed by atoms with Crippen LogP contribution in [0.4, 0.5) is 0 Å². The molecule has 0 aliphatic rings. The van der Waals surface area contributed by atoms with E-state index in [1.54, 1.807) is 0 Å². The molecule has 0 atom stereocenters. The summed E-state index contributed by atoms with van der Waals surface area (Å²) in [7, 11) is 4.01. The first kappa shape index (κ1) is 16.9. The molecule has 106 valence electrons. The van der Waals surface area contributed by atoms with Gasteiger partial charge in [-0.15, -0.1) is 0 Å². The van der Waals surface area contributed by atoms with Crippen LogP contribution < -0.4 is 0 Å². The largest absolute Gasteiger partial charge is 0.276 e. The van der Waals surface area contributed by atoms with Crippen LogP contribution in [0.15, 0.2) is 10.2 Å². The van der Waals surface area contributed by atoms with E-state index in [1.165, 1.54) is 0 Å². The molecule has 4 heteroatoms. The summed E-state index contributed by atoms with van der Waals surface area (Å²) in [4.78, 5) is 0. The van der Waals surface area contributed by atoms with Crippen molar-refractivity contribution in [2.75, 3.05) is 14.1 Å². The summed E-state index contributed by atoms with van der Waals surface area (Å²) < 4.78 is 0. The number of hydrogen-bond acceptors (Lipinski definition) is 4. The molecule has 0 saturated carbocycles. The molecule has 0 aliphatic carbocycles. The Hall–Kier alpha value is -1.06. The third kappa shape index (κ3) is 6.62. The zero-order valence-electron chi connectivity index (χ0n) is 13.3. The van der Waals surface area contributed by atoms with Gasteiger partial charge in [0.15, 0.2) is 0 Å². The molecule has 0 aromatic heterocycles. The minimum absolute atomic E-state index is 0.176. The van der Waals surface area contributed by atoms with E-state index >= 15 is 0 Å². The number of rotatable bonds is 7. The smallest absolute Gasteiger partial charge is 0.135 e. The fourth-order valence-electron chi connectivity index (χ4n) is 1.72. The number of hydrazone groups is 2. The van der Waals surface area contributed by atoms with Crippen molar-refractivity contribution in [1.82, 2.24) is 10.0 Å². The molecule has 0 aromatic rings. The van der Waals surface area contributed by atoms with Crippen molar-refractivity contribution in [3.8, 4) is 0 Å². The SMILES string of the molecule is CC(C)/C=N/N(C)C(C(C)C)N(C)/N=C/C(C)C. The van der Waals surface area contributed by atoms with Crippen molar-refractivity contribution in [3.63, 3.8) is 0 Å². The van der Waals surface area contributed by atoms with Crippen molar-refractivity contribution in [2.24, 2.45) is 28.0 Å². The molecule has 4 nitrogen and oxygen atoms in total. The molecule has 0 unspecified atom stereocenters. The summed E-state index contributed by atoms with van der Waals surface area (Å²) in [6.07, 6.45) is 4.11. The summed E-state index contributed by atoms with van der Waals surface area (Å²) in [6.45, 7) is 12.9. The molecular formula is C14H30N4. The van der Waals surface area contributed by atoms with Gasteiger partial charge in [-0.3, -0.25) is 10.0 Å². The maximum Gasteiger partial charge on any atom is 0.135 e. The topological polar surface area (TPSA) is 31.2 Å². The Labute approximate surface area is 113 Å². The van der Waals surface area contributed by atoms with Crippen LogP contribution in [-0.2, 0) is 0 Å². The zero-order valence-corrected chi connectivity index (χ0v) is 13.3. The molecular weight excluding hydrogens is 224 g/mol. The Morgan fingerprint density at radius 2 is 1.06 bits per heavy atom. The highest BCUT2D eigenvalue weighted by atomic mass is 15.6. The molecule has 0 radical (unpaired) electrons.